The van der Waals surface area contributed by atoms with Crippen molar-refractivity contribution in [1.82, 2.24) is 5.32 Å². The standard InChI is InChI=1S/C12H10INO/c1-14-12(15)9-6-2-4-8-5-3-7-10(13)11(8)9/h2-7H,1H3,(H,14,15). The second kappa shape index (κ2) is 4.18. The summed E-state index contributed by atoms with van der Waals surface area (Å²) in [6.07, 6.45) is 0. The van der Waals surface area contributed by atoms with Gasteiger partial charge in [-0.1, -0.05) is 24.3 Å². The third kappa shape index (κ3) is 1.84. The highest BCUT2D eigenvalue weighted by molar-refractivity contribution is 14.1. The molecule has 3 heteroatoms. The molecular weight excluding hydrogens is 301 g/mol. The van der Waals surface area contributed by atoms with Crippen LogP contribution in [0.15, 0.2) is 36.4 Å². The molecule has 0 aromatic heterocycles. The Morgan fingerprint density at radius 1 is 1.20 bits per heavy atom. The van der Waals surface area contributed by atoms with Crippen molar-refractivity contribution in [3.8, 4) is 0 Å². The molecule has 0 aliphatic heterocycles. The maximum Gasteiger partial charge on any atom is 0.251 e. The Bertz CT molecular complexity index is 517. The van der Waals surface area contributed by atoms with Crippen molar-refractivity contribution >= 4 is 39.3 Å². The molecule has 2 nitrogen and oxygen atoms in total. The molecule has 1 amide bonds. The normalized spacial score (nSPS) is 10.3. The van der Waals surface area contributed by atoms with Crippen LogP contribution in [-0.2, 0) is 0 Å². The summed E-state index contributed by atoms with van der Waals surface area (Å²) in [6, 6.07) is 11.8. The Hall–Kier alpha value is -1.10. The minimum absolute atomic E-state index is 0.0373. The molecule has 2 aromatic rings. The first-order chi connectivity index (χ1) is 7.24. The van der Waals surface area contributed by atoms with Crippen molar-refractivity contribution in [2.75, 3.05) is 7.05 Å². The average molecular weight is 311 g/mol. The predicted octanol–water partition coefficient (Wildman–Crippen LogP) is 2.80. The molecule has 0 unspecified atom stereocenters. The van der Waals surface area contributed by atoms with Crippen LogP contribution in [0, 0.1) is 3.57 Å². The van der Waals surface area contributed by atoms with Crippen LogP contribution in [0.2, 0.25) is 0 Å². The average Bonchev–Trinajstić information content (AvgIpc) is 2.28. The maximum atomic E-state index is 11.7. The number of halogens is 1. The second-order valence-electron chi connectivity index (χ2n) is 3.22. The highest BCUT2D eigenvalue weighted by Gasteiger charge is 2.09. The minimum atomic E-state index is -0.0373. The molecule has 0 atom stereocenters. The third-order valence-electron chi connectivity index (χ3n) is 2.33. The van der Waals surface area contributed by atoms with E-state index in [1.54, 1.807) is 7.05 Å². The summed E-state index contributed by atoms with van der Waals surface area (Å²) in [5.74, 6) is -0.0373. The fraction of sp³-hybridized carbons (Fsp3) is 0.0833. The van der Waals surface area contributed by atoms with Crippen LogP contribution in [0.1, 0.15) is 10.4 Å². The highest BCUT2D eigenvalue weighted by atomic mass is 127. The largest absolute Gasteiger partial charge is 0.355 e. The molecular formula is C12H10INO. The zero-order valence-electron chi connectivity index (χ0n) is 8.25. The maximum absolute atomic E-state index is 11.7. The molecule has 0 spiro atoms. The van der Waals surface area contributed by atoms with E-state index in [1.807, 2.05) is 36.4 Å². The van der Waals surface area contributed by atoms with E-state index >= 15 is 0 Å². The van der Waals surface area contributed by atoms with Crippen LogP contribution >= 0.6 is 22.6 Å². The second-order valence-corrected chi connectivity index (χ2v) is 4.38. The van der Waals surface area contributed by atoms with E-state index in [0.29, 0.717) is 0 Å². The van der Waals surface area contributed by atoms with Crippen molar-refractivity contribution in [3.05, 3.63) is 45.5 Å². The van der Waals surface area contributed by atoms with Gasteiger partial charge in [0, 0.05) is 21.6 Å². The first-order valence-electron chi connectivity index (χ1n) is 4.63. The van der Waals surface area contributed by atoms with E-state index in [4.69, 9.17) is 0 Å². The van der Waals surface area contributed by atoms with E-state index in [1.165, 1.54) is 0 Å². The summed E-state index contributed by atoms with van der Waals surface area (Å²) in [7, 11) is 1.65. The Morgan fingerprint density at radius 2 is 1.87 bits per heavy atom. The number of carbonyl (C=O) groups is 1. The first kappa shape index (κ1) is 10.4. The number of fused-ring (bicyclic) bond motifs is 1. The monoisotopic (exact) mass is 311 g/mol. The van der Waals surface area contributed by atoms with Crippen LogP contribution in [0.3, 0.4) is 0 Å². The molecule has 15 heavy (non-hydrogen) atoms. The van der Waals surface area contributed by atoms with Crippen LogP contribution < -0.4 is 5.32 Å². The van der Waals surface area contributed by atoms with Crippen LogP contribution in [0.5, 0.6) is 0 Å². The molecule has 1 N–H and O–H groups in total. The van der Waals surface area contributed by atoms with E-state index in [9.17, 15) is 4.79 Å². The number of rotatable bonds is 1. The van der Waals surface area contributed by atoms with Crippen molar-refractivity contribution in [1.29, 1.82) is 0 Å². The smallest absolute Gasteiger partial charge is 0.251 e. The Morgan fingerprint density at radius 3 is 2.53 bits per heavy atom. The number of benzene rings is 2. The summed E-state index contributed by atoms with van der Waals surface area (Å²) in [5.41, 5.74) is 0.736. The molecule has 0 radical (unpaired) electrons. The van der Waals surface area contributed by atoms with E-state index < -0.39 is 0 Å². The SMILES string of the molecule is CNC(=O)c1cccc2cccc(I)c12. The van der Waals surface area contributed by atoms with Gasteiger partial charge in [0.15, 0.2) is 0 Å². The Balaban J connectivity index is 2.80. The quantitative estimate of drug-likeness (QED) is 0.806. The summed E-state index contributed by atoms with van der Waals surface area (Å²) in [6.45, 7) is 0. The summed E-state index contributed by atoms with van der Waals surface area (Å²) < 4.78 is 1.10. The number of amides is 1. The molecule has 0 saturated heterocycles. The molecule has 0 heterocycles. The zero-order valence-corrected chi connectivity index (χ0v) is 10.4. The van der Waals surface area contributed by atoms with Crippen LogP contribution in [0.25, 0.3) is 10.8 Å². The lowest BCUT2D eigenvalue weighted by molar-refractivity contribution is 0.0964. The summed E-state index contributed by atoms with van der Waals surface area (Å²) >= 11 is 2.25. The van der Waals surface area contributed by atoms with Gasteiger partial charge in [-0.2, -0.15) is 0 Å². The van der Waals surface area contributed by atoms with Gasteiger partial charge in [0.25, 0.3) is 5.91 Å². The van der Waals surface area contributed by atoms with E-state index in [0.717, 1.165) is 19.9 Å². The molecule has 76 valence electrons. The zero-order chi connectivity index (χ0) is 10.8. The van der Waals surface area contributed by atoms with Crippen LogP contribution in [0.4, 0.5) is 0 Å². The van der Waals surface area contributed by atoms with Gasteiger partial charge in [0.05, 0.1) is 0 Å². The number of hydrogen-bond donors (Lipinski definition) is 1. The van der Waals surface area contributed by atoms with Crippen molar-refractivity contribution in [2.24, 2.45) is 0 Å². The third-order valence-corrected chi connectivity index (χ3v) is 3.22. The first-order valence-corrected chi connectivity index (χ1v) is 5.71. The van der Waals surface area contributed by atoms with Crippen molar-refractivity contribution < 1.29 is 4.79 Å². The van der Waals surface area contributed by atoms with Crippen molar-refractivity contribution in [3.63, 3.8) is 0 Å². The van der Waals surface area contributed by atoms with Gasteiger partial charge < -0.3 is 5.32 Å². The molecule has 0 aliphatic rings. The lowest BCUT2D eigenvalue weighted by Gasteiger charge is -2.06. The molecule has 0 bridgehead atoms. The number of hydrogen-bond acceptors (Lipinski definition) is 1. The summed E-state index contributed by atoms with van der Waals surface area (Å²) in [4.78, 5) is 11.7. The number of carbonyl (C=O) groups excluding carboxylic acids is 1. The predicted molar refractivity (Wildman–Crippen MR) is 70.1 cm³/mol. The lowest BCUT2D eigenvalue weighted by Crippen LogP contribution is -2.18. The highest BCUT2D eigenvalue weighted by Crippen LogP contribution is 2.24. The molecule has 2 rings (SSSR count). The van der Waals surface area contributed by atoms with Gasteiger partial charge >= 0.3 is 0 Å². The molecule has 0 fully saturated rings. The van der Waals surface area contributed by atoms with E-state index in [2.05, 4.69) is 27.9 Å². The van der Waals surface area contributed by atoms with Gasteiger partial charge in [0.2, 0.25) is 0 Å². The van der Waals surface area contributed by atoms with E-state index in [-0.39, 0.29) is 5.91 Å². The summed E-state index contributed by atoms with van der Waals surface area (Å²) in [5, 5.41) is 4.79. The fourth-order valence-electron chi connectivity index (χ4n) is 1.62. The topological polar surface area (TPSA) is 29.1 Å². The number of nitrogens with one attached hydrogen (secondary N) is 1. The van der Waals surface area contributed by atoms with Gasteiger partial charge in [0.1, 0.15) is 0 Å². The lowest BCUT2D eigenvalue weighted by atomic mass is 10.0. The molecule has 2 aromatic carbocycles. The Kier molecular flexibility index (Phi) is 2.90. The van der Waals surface area contributed by atoms with Gasteiger partial charge in [-0.3, -0.25) is 4.79 Å². The minimum Gasteiger partial charge on any atom is -0.355 e. The molecule has 0 saturated carbocycles. The molecule has 0 aliphatic carbocycles. The van der Waals surface area contributed by atoms with Gasteiger partial charge in [-0.15, -0.1) is 0 Å². The van der Waals surface area contributed by atoms with Gasteiger partial charge in [-0.25, -0.2) is 0 Å². The van der Waals surface area contributed by atoms with Crippen LogP contribution in [-0.4, -0.2) is 13.0 Å². The van der Waals surface area contributed by atoms with Gasteiger partial charge in [-0.05, 0) is 40.1 Å². The Labute approximate surface area is 102 Å². The fourth-order valence-corrected chi connectivity index (χ4v) is 2.43. The van der Waals surface area contributed by atoms with Crippen molar-refractivity contribution in [2.45, 2.75) is 0 Å².